The number of carboxylic acid groups (broad SMARTS) is 2. The summed E-state index contributed by atoms with van der Waals surface area (Å²) >= 11 is 0. The van der Waals surface area contributed by atoms with Crippen LogP contribution < -0.4 is 5.32 Å². The Morgan fingerprint density at radius 3 is 2.64 bits per heavy atom. The SMILES string of the molecule is O=C(O)CCCCc1cc(C(CC(=O)O)n2ccc(CCCc3ccc4c(n3)NCCC4)n2)ccn1. The Hall–Kier alpha value is -3.75. The summed E-state index contributed by atoms with van der Waals surface area (Å²) in [6, 6.07) is 9.52. The summed E-state index contributed by atoms with van der Waals surface area (Å²) < 4.78 is 1.73. The highest BCUT2D eigenvalue weighted by Crippen LogP contribution is 2.24. The number of pyridine rings is 2. The van der Waals surface area contributed by atoms with Gasteiger partial charge >= 0.3 is 11.9 Å². The average molecular weight is 492 g/mol. The predicted octanol–water partition coefficient (Wildman–Crippen LogP) is 4.07. The zero-order valence-electron chi connectivity index (χ0n) is 20.4. The Morgan fingerprint density at radius 2 is 1.81 bits per heavy atom. The molecule has 190 valence electrons. The van der Waals surface area contributed by atoms with Gasteiger partial charge in [0.1, 0.15) is 5.82 Å². The number of hydrogen-bond donors (Lipinski definition) is 3. The first-order chi connectivity index (χ1) is 17.5. The highest BCUT2D eigenvalue weighted by Gasteiger charge is 2.20. The Labute approximate surface area is 210 Å². The van der Waals surface area contributed by atoms with Crippen LogP contribution >= 0.6 is 0 Å². The first-order valence-corrected chi connectivity index (χ1v) is 12.6. The van der Waals surface area contributed by atoms with Crippen molar-refractivity contribution in [1.29, 1.82) is 0 Å². The number of fused-ring (bicyclic) bond motifs is 1. The van der Waals surface area contributed by atoms with E-state index in [-0.39, 0.29) is 12.8 Å². The maximum atomic E-state index is 11.6. The summed E-state index contributed by atoms with van der Waals surface area (Å²) in [5, 5.41) is 26.4. The largest absolute Gasteiger partial charge is 0.481 e. The van der Waals surface area contributed by atoms with Crippen LogP contribution in [0.2, 0.25) is 0 Å². The van der Waals surface area contributed by atoms with Crippen LogP contribution in [-0.4, -0.2) is 48.4 Å². The third kappa shape index (κ3) is 7.13. The molecule has 3 N–H and O–H groups in total. The van der Waals surface area contributed by atoms with E-state index in [1.807, 2.05) is 24.4 Å². The predicted molar refractivity (Wildman–Crippen MR) is 135 cm³/mol. The van der Waals surface area contributed by atoms with Crippen molar-refractivity contribution in [2.75, 3.05) is 11.9 Å². The van der Waals surface area contributed by atoms with Gasteiger partial charge in [0, 0.05) is 36.7 Å². The minimum Gasteiger partial charge on any atom is -0.481 e. The van der Waals surface area contributed by atoms with Crippen LogP contribution in [0.25, 0.3) is 0 Å². The summed E-state index contributed by atoms with van der Waals surface area (Å²) in [6.45, 7) is 0.974. The Kier molecular flexibility index (Phi) is 8.65. The summed E-state index contributed by atoms with van der Waals surface area (Å²) in [6.07, 6.45) is 10.3. The minimum absolute atomic E-state index is 0.0877. The topological polar surface area (TPSA) is 130 Å². The Morgan fingerprint density at radius 1 is 0.972 bits per heavy atom. The second-order valence-corrected chi connectivity index (χ2v) is 9.28. The molecule has 3 aromatic rings. The van der Waals surface area contributed by atoms with Crippen molar-refractivity contribution < 1.29 is 19.8 Å². The second-order valence-electron chi connectivity index (χ2n) is 9.28. The van der Waals surface area contributed by atoms with Crippen LogP contribution in [0.3, 0.4) is 0 Å². The highest BCUT2D eigenvalue weighted by atomic mass is 16.4. The highest BCUT2D eigenvalue weighted by molar-refractivity contribution is 5.68. The molecule has 9 heteroatoms. The lowest BCUT2D eigenvalue weighted by atomic mass is 10.0. The molecule has 0 saturated heterocycles. The molecule has 0 aromatic carbocycles. The molecule has 1 aliphatic rings. The van der Waals surface area contributed by atoms with Crippen LogP contribution in [0.1, 0.15) is 72.8 Å². The Bertz CT molecular complexity index is 1190. The van der Waals surface area contributed by atoms with Gasteiger partial charge < -0.3 is 15.5 Å². The summed E-state index contributed by atoms with van der Waals surface area (Å²) in [7, 11) is 0. The number of carboxylic acids is 2. The van der Waals surface area contributed by atoms with E-state index in [0.29, 0.717) is 19.3 Å². The van der Waals surface area contributed by atoms with Crippen molar-refractivity contribution in [2.24, 2.45) is 0 Å². The number of anilines is 1. The van der Waals surface area contributed by atoms with Gasteiger partial charge in [0.2, 0.25) is 0 Å². The fraction of sp³-hybridized carbons (Fsp3) is 0.444. The summed E-state index contributed by atoms with van der Waals surface area (Å²) in [5.41, 5.74) is 4.94. The molecular weight excluding hydrogens is 458 g/mol. The molecule has 0 amide bonds. The molecule has 3 aromatic heterocycles. The van der Waals surface area contributed by atoms with Crippen molar-refractivity contribution in [3.63, 3.8) is 0 Å². The third-order valence-electron chi connectivity index (χ3n) is 6.47. The quantitative estimate of drug-likeness (QED) is 0.305. The molecule has 9 nitrogen and oxygen atoms in total. The molecule has 4 heterocycles. The van der Waals surface area contributed by atoms with Gasteiger partial charge in [-0.2, -0.15) is 5.10 Å². The smallest absolute Gasteiger partial charge is 0.305 e. The van der Waals surface area contributed by atoms with Gasteiger partial charge in [-0.05, 0) is 86.8 Å². The van der Waals surface area contributed by atoms with Crippen molar-refractivity contribution >= 4 is 17.8 Å². The molecule has 0 spiro atoms. The van der Waals surface area contributed by atoms with Gasteiger partial charge in [-0.3, -0.25) is 19.3 Å². The molecule has 4 rings (SSSR count). The standard InChI is InChI=1S/C27H33N5O4/c33-25(34)9-2-1-6-23-17-20(12-15-28-23)24(18-26(35)36)32-16-13-22(31-32)8-3-7-21-11-10-19-5-4-14-29-27(19)30-21/h10-13,15-17,24H,1-9,14,18H2,(H,29,30)(H,33,34)(H,35,36). The van der Waals surface area contributed by atoms with Crippen molar-refractivity contribution in [1.82, 2.24) is 19.7 Å². The number of nitrogens with zero attached hydrogens (tertiary/aromatic N) is 4. The lowest BCUT2D eigenvalue weighted by Crippen LogP contribution is -2.16. The summed E-state index contributed by atoms with van der Waals surface area (Å²) in [5.74, 6) is -0.689. The van der Waals surface area contributed by atoms with Gasteiger partial charge in [-0.25, -0.2) is 4.98 Å². The molecule has 0 bridgehead atoms. The van der Waals surface area contributed by atoms with Gasteiger partial charge in [-0.1, -0.05) is 6.07 Å². The number of unbranched alkanes of at least 4 members (excludes halogenated alkanes) is 1. The second kappa shape index (κ2) is 12.3. The first-order valence-electron chi connectivity index (χ1n) is 12.6. The van der Waals surface area contributed by atoms with Gasteiger partial charge in [0.15, 0.2) is 0 Å². The van der Waals surface area contributed by atoms with Crippen molar-refractivity contribution in [3.05, 3.63) is 70.9 Å². The number of nitrogens with one attached hydrogen (secondary N) is 1. The molecule has 36 heavy (non-hydrogen) atoms. The van der Waals surface area contributed by atoms with E-state index in [4.69, 9.17) is 15.2 Å². The fourth-order valence-electron chi connectivity index (χ4n) is 4.60. The molecule has 1 aliphatic heterocycles. The van der Waals surface area contributed by atoms with E-state index >= 15 is 0 Å². The number of hydrogen-bond acceptors (Lipinski definition) is 6. The maximum Gasteiger partial charge on any atom is 0.305 e. The van der Waals surface area contributed by atoms with E-state index in [1.54, 1.807) is 10.9 Å². The Balaban J connectivity index is 1.38. The zero-order valence-corrected chi connectivity index (χ0v) is 20.4. The molecule has 0 fully saturated rings. The summed E-state index contributed by atoms with van der Waals surface area (Å²) in [4.78, 5) is 31.5. The van der Waals surface area contributed by atoms with E-state index < -0.39 is 18.0 Å². The van der Waals surface area contributed by atoms with E-state index in [1.165, 1.54) is 5.56 Å². The van der Waals surface area contributed by atoms with Crippen LogP contribution in [-0.2, 0) is 35.3 Å². The lowest BCUT2D eigenvalue weighted by molar-refractivity contribution is -0.138. The van der Waals surface area contributed by atoms with Gasteiger partial charge in [-0.15, -0.1) is 0 Å². The number of carbonyl (C=O) groups is 2. The number of aliphatic carboxylic acids is 2. The fourth-order valence-corrected chi connectivity index (χ4v) is 4.60. The zero-order chi connectivity index (χ0) is 25.3. The van der Waals surface area contributed by atoms with Gasteiger partial charge in [0.25, 0.3) is 0 Å². The minimum atomic E-state index is -0.899. The van der Waals surface area contributed by atoms with Crippen LogP contribution in [0.15, 0.2) is 42.7 Å². The molecule has 0 saturated carbocycles. The van der Waals surface area contributed by atoms with Crippen molar-refractivity contribution in [2.45, 2.75) is 70.3 Å². The first kappa shape index (κ1) is 25.3. The molecule has 0 aliphatic carbocycles. The average Bonchev–Trinajstić information content (AvgIpc) is 3.33. The van der Waals surface area contributed by atoms with Crippen LogP contribution in [0.5, 0.6) is 0 Å². The van der Waals surface area contributed by atoms with Crippen LogP contribution in [0.4, 0.5) is 5.82 Å². The molecule has 1 atom stereocenters. The number of rotatable bonds is 13. The molecule has 1 unspecified atom stereocenters. The number of aromatic nitrogens is 4. The molecular formula is C27H33N5O4. The van der Waals surface area contributed by atoms with E-state index in [9.17, 15) is 14.7 Å². The van der Waals surface area contributed by atoms with Crippen LogP contribution in [0, 0.1) is 0 Å². The maximum absolute atomic E-state index is 11.6. The number of aryl methyl sites for hydroxylation is 4. The van der Waals surface area contributed by atoms with E-state index in [2.05, 4.69) is 22.4 Å². The monoisotopic (exact) mass is 491 g/mol. The van der Waals surface area contributed by atoms with Crippen molar-refractivity contribution in [3.8, 4) is 0 Å². The third-order valence-corrected chi connectivity index (χ3v) is 6.47. The molecule has 0 radical (unpaired) electrons. The van der Waals surface area contributed by atoms with E-state index in [0.717, 1.165) is 67.1 Å². The van der Waals surface area contributed by atoms with Gasteiger partial charge in [0.05, 0.1) is 18.2 Å². The lowest BCUT2D eigenvalue weighted by Gasteiger charge is -2.17. The normalized spacial score (nSPS) is 13.6.